The van der Waals surface area contributed by atoms with Crippen molar-refractivity contribution in [1.82, 2.24) is 10.3 Å². The van der Waals surface area contributed by atoms with E-state index in [4.69, 9.17) is 0 Å². The second kappa shape index (κ2) is 6.26. The van der Waals surface area contributed by atoms with Gasteiger partial charge in [-0.3, -0.25) is 0 Å². The van der Waals surface area contributed by atoms with Gasteiger partial charge in [-0.05, 0) is 24.1 Å². The number of aromatic amines is 1. The molecular formula is C15H20N2. The first-order chi connectivity index (χ1) is 8.40. The molecule has 0 aliphatic heterocycles. The molecule has 0 aliphatic carbocycles. The van der Waals surface area contributed by atoms with E-state index in [1.807, 2.05) is 12.3 Å². The molecule has 2 heteroatoms. The maximum absolute atomic E-state index is 3.61. The summed E-state index contributed by atoms with van der Waals surface area (Å²) in [4.78, 5) is 3.22. The highest BCUT2D eigenvalue weighted by molar-refractivity contribution is 5.19. The van der Waals surface area contributed by atoms with Crippen molar-refractivity contribution in [1.29, 1.82) is 0 Å². The van der Waals surface area contributed by atoms with Crippen LogP contribution in [0, 0.1) is 0 Å². The Morgan fingerprint density at radius 1 is 1.12 bits per heavy atom. The summed E-state index contributed by atoms with van der Waals surface area (Å²) in [6, 6.07) is 15.3. The summed E-state index contributed by atoms with van der Waals surface area (Å²) < 4.78 is 0. The largest absolute Gasteiger partial charge is 0.364 e. The van der Waals surface area contributed by atoms with E-state index in [-0.39, 0.29) is 0 Å². The Morgan fingerprint density at radius 2 is 1.94 bits per heavy atom. The van der Waals surface area contributed by atoms with E-state index < -0.39 is 0 Å². The van der Waals surface area contributed by atoms with Gasteiger partial charge in [-0.2, -0.15) is 0 Å². The Hall–Kier alpha value is -1.54. The van der Waals surface area contributed by atoms with Crippen molar-refractivity contribution in [3.8, 4) is 0 Å². The minimum absolute atomic E-state index is 0.449. The second-order valence-electron chi connectivity index (χ2n) is 4.33. The first-order valence-electron chi connectivity index (χ1n) is 6.30. The van der Waals surface area contributed by atoms with Crippen molar-refractivity contribution in [2.24, 2.45) is 0 Å². The molecule has 17 heavy (non-hydrogen) atoms. The first kappa shape index (κ1) is 11.9. The van der Waals surface area contributed by atoms with Gasteiger partial charge in [-0.1, -0.05) is 43.7 Å². The highest BCUT2D eigenvalue weighted by Gasteiger charge is 2.09. The molecule has 1 aromatic carbocycles. The van der Waals surface area contributed by atoms with Crippen LogP contribution in [0.25, 0.3) is 0 Å². The molecule has 0 aliphatic rings. The third-order valence-corrected chi connectivity index (χ3v) is 2.98. The first-order valence-corrected chi connectivity index (χ1v) is 6.30. The lowest BCUT2D eigenvalue weighted by Gasteiger charge is -2.18. The van der Waals surface area contributed by atoms with E-state index in [1.54, 1.807) is 0 Å². The number of benzene rings is 1. The fourth-order valence-corrected chi connectivity index (χ4v) is 2.07. The standard InChI is InChI=1S/C15H20N2/c1-2-7-15(13-8-4-3-5-9-13)17-12-14-10-6-11-16-14/h3-6,8-11,15-17H,2,7,12H2,1H3. The molecule has 0 saturated carbocycles. The van der Waals surface area contributed by atoms with Gasteiger partial charge in [-0.15, -0.1) is 0 Å². The van der Waals surface area contributed by atoms with E-state index in [9.17, 15) is 0 Å². The molecule has 0 saturated heterocycles. The monoisotopic (exact) mass is 228 g/mol. The van der Waals surface area contributed by atoms with Gasteiger partial charge < -0.3 is 10.3 Å². The van der Waals surface area contributed by atoms with Crippen molar-refractivity contribution >= 4 is 0 Å². The number of aromatic nitrogens is 1. The Morgan fingerprint density at radius 3 is 2.59 bits per heavy atom. The zero-order valence-electron chi connectivity index (χ0n) is 10.3. The van der Waals surface area contributed by atoms with Crippen molar-refractivity contribution < 1.29 is 0 Å². The lowest BCUT2D eigenvalue weighted by molar-refractivity contribution is 0.490. The lowest BCUT2D eigenvalue weighted by Crippen LogP contribution is -2.20. The Labute approximate surface area is 103 Å². The molecular weight excluding hydrogens is 208 g/mol. The molecule has 2 aromatic rings. The molecule has 0 amide bonds. The summed E-state index contributed by atoms with van der Waals surface area (Å²) in [6.45, 7) is 3.12. The van der Waals surface area contributed by atoms with E-state index in [0.717, 1.165) is 6.54 Å². The lowest BCUT2D eigenvalue weighted by atomic mass is 10.0. The molecule has 1 heterocycles. The minimum atomic E-state index is 0.449. The Kier molecular flexibility index (Phi) is 4.39. The maximum Gasteiger partial charge on any atom is 0.0362 e. The molecule has 1 atom stereocenters. The number of nitrogens with one attached hydrogen (secondary N) is 2. The summed E-state index contributed by atoms with van der Waals surface area (Å²) in [5, 5.41) is 3.61. The van der Waals surface area contributed by atoms with Crippen LogP contribution in [0.2, 0.25) is 0 Å². The fraction of sp³-hybridized carbons (Fsp3) is 0.333. The minimum Gasteiger partial charge on any atom is -0.364 e. The molecule has 90 valence electrons. The quantitative estimate of drug-likeness (QED) is 0.776. The van der Waals surface area contributed by atoms with Crippen molar-refractivity contribution in [2.45, 2.75) is 32.4 Å². The van der Waals surface area contributed by atoms with Gasteiger partial charge in [0.25, 0.3) is 0 Å². The molecule has 0 radical (unpaired) electrons. The van der Waals surface area contributed by atoms with E-state index in [2.05, 4.69) is 53.6 Å². The molecule has 0 fully saturated rings. The molecule has 2 N–H and O–H groups in total. The molecule has 1 unspecified atom stereocenters. The van der Waals surface area contributed by atoms with Crippen LogP contribution in [0.15, 0.2) is 48.7 Å². The zero-order valence-corrected chi connectivity index (χ0v) is 10.3. The van der Waals surface area contributed by atoms with Gasteiger partial charge in [-0.25, -0.2) is 0 Å². The van der Waals surface area contributed by atoms with E-state index >= 15 is 0 Å². The number of rotatable bonds is 6. The van der Waals surface area contributed by atoms with Gasteiger partial charge in [0.05, 0.1) is 0 Å². The average molecular weight is 228 g/mol. The Balaban J connectivity index is 1.98. The van der Waals surface area contributed by atoms with Gasteiger partial charge in [0.2, 0.25) is 0 Å². The molecule has 2 rings (SSSR count). The van der Waals surface area contributed by atoms with Crippen LogP contribution in [0.1, 0.15) is 37.1 Å². The molecule has 2 nitrogen and oxygen atoms in total. The molecule has 0 spiro atoms. The number of hydrogen-bond donors (Lipinski definition) is 2. The van der Waals surface area contributed by atoms with Gasteiger partial charge in [0.1, 0.15) is 0 Å². The highest BCUT2D eigenvalue weighted by atomic mass is 14.9. The maximum atomic E-state index is 3.61. The summed E-state index contributed by atoms with van der Waals surface area (Å²) >= 11 is 0. The average Bonchev–Trinajstić information content (AvgIpc) is 2.88. The van der Waals surface area contributed by atoms with Gasteiger partial charge in [0, 0.05) is 24.5 Å². The summed E-state index contributed by atoms with van der Waals surface area (Å²) in [5.74, 6) is 0. The highest BCUT2D eigenvalue weighted by Crippen LogP contribution is 2.18. The fourth-order valence-electron chi connectivity index (χ4n) is 2.07. The number of H-pyrrole nitrogens is 1. The van der Waals surface area contributed by atoms with Crippen LogP contribution in [-0.2, 0) is 6.54 Å². The summed E-state index contributed by atoms with van der Waals surface area (Å²) in [5.41, 5.74) is 2.61. The third-order valence-electron chi connectivity index (χ3n) is 2.98. The predicted molar refractivity (Wildman–Crippen MR) is 71.7 cm³/mol. The second-order valence-corrected chi connectivity index (χ2v) is 4.33. The van der Waals surface area contributed by atoms with Crippen LogP contribution in [0.3, 0.4) is 0 Å². The van der Waals surface area contributed by atoms with Crippen LogP contribution in [0.4, 0.5) is 0 Å². The topological polar surface area (TPSA) is 27.8 Å². The predicted octanol–water partition coefficient (Wildman–Crippen LogP) is 3.65. The van der Waals surface area contributed by atoms with E-state index in [1.165, 1.54) is 24.1 Å². The zero-order chi connectivity index (χ0) is 11.9. The summed E-state index contributed by atoms with van der Waals surface area (Å²) in [7, 11) is 0. The molecule has 1 aromatic heterocycles. The van der Waals surface area contributed by atoms with Crippen molar-refractivity contribution in [3.05, 3.63) is 59.9 Å². The van der Waals surface area contributed by atoms with Crippen molar-refractivity contribution in [2.75, 3.05) is 0 Å². The van der Waals surface area contributed by atoms with Crippen LogP contribution >= 0.6 is 0 Å². The van der Waals surface area contributed by atoms with Crippen LogP contribution in [-0.4, -0.2) is 4.98 Å². The molecule has 0 bridgehead atoms. The smallest absolute Gasteiger partial charge is 0.0362 e. The summed E-state index contributed by atoms with van der Waals surface area (Å²) in [6.07, 6.45) is 4.33. The van der Waals surface area contributed by atoms with Gasteiger partial charge >= 0.3 is 0 Å². The SMILES string of the molecule is CCCC(NCc1ccc[nH]1)c1ccccc1. The third kappa shape index (κ3) is 3.46. The number of hydrogen-bond acceptors (Lipinski definition) is 1. The van der Waals surface area contributed by atoms with E-state index in [0.29, 0.717) is 6.04 Å². The normalized spacial score (nSPS) is 12.5. The van der Waals surface area contributed by atoms with Crippen LogP contribution < -0.4 is 5.32 Å². The van der Waals surface area contributed by atoms with Crippen LogP contribution in [0.5, 0.6) is 0 Å². The Bertz CT molecular complexity index is 406. The van der Waals surface area contributed by atoms with Gasteiger partial charge in [0.15, 0.2) is 0 Å². The van der Waals surface area contributed by atoms with Crippen molar-refractivity contribution in [3.63, 3.8) is 0 Å².